The average molecular weight is 455 g/mol. The van der Waals surface area contributed by atoms with Crippen molar-refractivity contribution < 1.29 is 19.4 Å². The van der Waals surface area contributed by atoms with Gasteiger partial charge in [0.15, 0.2) is 11.5 Å². The number of rotatable bonds is 7. The minimum Gasteiger partial charge on any atom is -0.506 e. The van der Waals surface area contributed by atoms with Gasteiger partial charge in [0.1, 0.15) is 30.3 Å². The number of fused-ring (bicyclic) bond motifs is 1. The van der Waals surface area contributed by atoms with Gasteiger partial charge < -0.3 is 24.8 Å². The number of allylic oxidation sites excluding steroid dienone is 1. The first kappa shape index (κ1) is 21.7. The molecule has 1 aliphatic heterocycles. The zero-order valence-corrected chi connectivity index (χ0v) is 18.2. The first-order chi connectivity index (χ1) is 15.6. The highest BCUT2D eigenvalue weighted by atomic mass is 35.5. The van der Waals surface area contributed by atoms with Crippen LogP contribution in [-0.2, 0) is 4.79 Å². The molecule has 2 N–H and O–H groups in total. The van der Waals surface area contributed by atoms with Crippen LogP contribution in [0.4, 0.5) is 11.5 Å². The molecular weight excluding hydrogens is 432 g/mol. The topological polar surface area (TPSA) is 96.8 Å². The molecule has 2 aromatic carbocycles. The fourth-order valence-corrected chi connectivity index (χ4v) is 3.80. The minimum absolute atomic E-state index is 0.0172. The molecule has 32 heavy (non-hydrogen) atoms. The number of hydrogen-bond donors (Lipinski definition) is 2. The number of anilines is 2. The van der Waals surface area contributed by atoms with Gasteiger partial charge in [-0.1, -0.05) is 11.6 Å². The Hall–Kier alpha value is -3.52. The lowest BCUT2D eigenvalue weighted by Crippen LogP contribution is -2.35. The number of likely N-dealkylation sites (tertiary alicyclic amines) is 1. The highest BCUT2D eigenvalue weighted by molar-refractivity contribution is 6.30. The number of hydrogen-bond acceptors (Lipinski definition) is 8. The minimum atomic E-state index is 0.0172. The third-order valence-corrected chi connectivity index (χ3v) is 5.51. The standard InChI is InChI=1S/C23H23ClN4O4/c1-31-21-13-19-17(12-22(21)32-16-5-8-28(9-6-16)7-2-10-29)23(26-14-25-19)27-18-4-3-15(24)11-20(18)30/h2-4,7,10-14,16,30H,5-6,8-9H2,1H3,(H,25,26,27). The number of carbonyl (C=O) groups excluding carboxylic acids is 1. The first-order valence-corrected chi connectivity index (χ1v) is 10.6. The predicted molar refractivity (Wildman–Crippen MR) is 123 cm³/mol. The molecule has 1 aromatic heterocycles. The number of benzene rings is 2. The fraction of sp³-hybridized carbons (Fsp3) is 0.261. The van der Waals surface area contributed by atoms with E-state index in [1.807, 2.05) is 6.07 Å². The lowest BCUT2D eigenvalue weighted by Gasteiger charge is -2.31. The Morgan fingerprint density at radius 1 is 1.19 bits per heavy atom. The second kappa shape index (κ2) is 9.74. The zero-order valence-electron chi connectivity index (χ0n) is 17.5. The number of phenols is 1. The Morgan fingerprint density at radius 2 is 2.00 bits per heavy atom. The quantitative estimate of drug-likeness (QED) is 0.310. The van der Waals surface area contributed by atoms with E-state index < -0.39 is 0 Å². The van der Waals surface area contributed by atoms with E-state index >= 15 is 0 Å². The molecule has 0 unspecified atom stereocenters. The number of piperidine rings is 1. The van der Waals surface area contributed by atoms with Crippen molar-refractivity contribution in [2.24, 2.45) is 0 Å². The summed E-state index contributed by atoms with van der Waals surface area (Å²) >= 11 is 5.93. The van der Waals surface area contributed by atoms with Crippen LogP contribution in [0.25, 0.3) is 10.9 Å². The third kappa shape index (κ3) is 4.86. The van der Waals surface area contributed by atoms with Crippen molar-refractivity contribution in [2.45, 2.75) is 18.9 Å². The molecule has 1 aliphatic rings. The summed E-state index contributed by atoms with van der Waals surface area (Å²) in [4.78, 5) is 21.3. The monoisotopic (exact) mass is 454 g/mol. The van der Waals surface area contributed by atoms with E-state index in [1.54, 1.807) is 31.5 Å². The maximum atomic E-state index is 10.5. The molecule has 0 bridgehead atoms. The number of aromatic hydroxyl groups is 1. The van der Waals surface area contributed by atoms with Crippen LogP contribution in [0.2, 0.25) is 5.02 Å². The van der Waals surface area contributed by atoms with Crippen molar-refractivity contribution in [2.75, 3.05) is 25.5 Å². The van der Waals surface area contributed by atoms with Crippen LogP contribution < -0.4 is 14.8 Å². The Balaban J connectivity index is 1.59. The molecule has 0 atom stereocenters. The summed E-state index contributed by atoms with van der Waals surface area (Å²) in [6.07, 6.45) is 7.18. The van der Waals surface area contributed by atoms with Gasteiger partial charge in [0.2, 0.25) is 0 Å². The van der Waals surface area contributed by atoms with Gasteiger partial charge in [0.05, 0.1) is 18.3 Å². The summed E-state index contributed by atoms with van der Waals surface area (Å²) in [6.45, 7) is 1.60. The lowest BCUT2D eigenvalue weighted by molar-refractivity contribution is -0.104. The van der Waals surface area contributed by atoms with E-state index in [-0.39, 0.29) is 11.9 Å². The van der Waals surface area contributed by atoms with Crippen molar-refractivity contribution in [3.05, 3.63) is 54.0 Å². The third-order valence-electron chi connectivity index (χ3n) is 5.28. The lowest BCUT2D eigenvalue weighted by atomic mass is 10.1. The highest BCUT2D eigenvalue weighted by Crippen LogP contribution is 2.37. The molecular formula is C23H23ClN4O4. The van der Waals surface area contributed by atoms with Crippen LogP contribution >= 0.6 is 11.6 Å². The van der Waals surface area contributed by atoms with Crippen LogP contribution in [0.1, 0.15) is 12.8 Å². The van der Waals surface area contributed by atoms with Crippen molar-refractivity contribution in [3.63, 3.8) is 0 Å². The number of aldehydes is 1. The van der Waals surface area contributed by atoms with E-state index in [0.29, 0.717) is 33.5 Å². The second-order valence-electron chi connectivity index (χ2n) is 7.36. The predicted octanol–water partition coefficient (Wildman–Crippen LogP) is 4.30. The van der Waals surface area contributed by atoms with Crippen molar-refractivity contribution in [3.8, 4) is 17.2 Å². The SMILES string of the molecule is COc1cc2ncnc(Nc3ccc(Cl)cc3O)c2cc1OC1CCN(C=CC=O)CC1. The van der Waals surface area contributed by atoms with Crippen LogP contribution in [-0.4, -0.2) is 52.6 Å². The van der Waals surface area contributed by atoms with Crippen molar-refractivity contribution >= 4 is 40.3 Å². The van der Waals surface area contributed by atoms with Crippen LogP contribution in [0.15, 0.2) is 48.9 Å². The van der Waals surface area contributed by atoms with Gasteiger partial charge in [-0.25, -0.2) is 9.97 Å². The summed E-state index contributed by atoms with van der Waals surface area (Å²) in [7, 11) is 1.59. The van der Waals surface area contributed by atoms with E-state index in [9.17, 15) is 9.90 Å². The number of nitrogens with one attached hydrogen (secondary N) is 1. The Labute approximate surface area is 190 Å². The Morgan fingerprint density at radius 3 is 2.72 bits per heavy atom. The van der Waals surface area contributed by atoms with Crippen molar-refractivity contribution in [1.82, 2.24) is 14.9 Å². The molecule has 0 amide bonds. The number of halogens is 1. The second-order valence-corrected chi connectivity index (χ2v) is 7.80. The molecule has 3 aromatic rings. The van der Waals surface area contributed by atoms with Gasteiger partial charge >= 0.3 is 0 Å². The average Bonchev–Trinajstić information content (AvgIpc) is 2.80. The van der Waals surface area contributed by atoms with Crippen LogP contribution in [0, 0.1) is 0 Å². The fourth-order valence-electron chi connectivity index (χ4n) is 3.63. The van der Waals surface area contributed by atoms with Crippen LogP contribution in [0.5, 0.6) is 17.2 Å². The molecule has 1 saturated heterocycles. The van der Waals surface area contributed by atoms with E-state index in [1.165, 1.54) is 18.5 Å². The number of nitrogens with zero attached hydrogens (tertiary/aromatic N) is 3. The number of aromatic nitrogens is 2. The molecule has 0 aliphatic carbocycles. The first-order valence-electron chi connectivity index (χ1n) is 10.2. The van der Waals surface area contributed by atoms with Gasteiger partial charge in [0, 0.05) is 54.7 Å². The summed E-state index contributed by atoms with van der Waals surface area (Å²) in [5, 5.41) is 14.5. The van der Waals surface area contributed by atoms with E-state index in [2.05, 4.69) is 20.2 Å². The maximum Gasteiger partial charge on any atom is 0.162 e. The normalized spacial score (nSPS) is 14.6. The smallest absolute Gasteiger partial charge is 0.162 e. The van der Waals surface area contributed by atoms with Gasteiger partial charge in [0.25, 0.3) is 0 Å². The van der Waals surface area contributed by atoms with Gasteiger partial charge in [-0.3, -0.25) is 4.79 Å². The van der Waals surface area contributed by atoms with Gasteiger partial charge in [-0.2, -0.15) is 0 Å². The van der Waals surface area contributed by atoms with Gasteiger partial charge in [-0.15, -0.1) is 0 Å². The molecule has 1 fully saturated rings. The summed E-state index contributed by atoms with van der Waals surface area (Å²) in [5.41, 5.74) is 1.15. The zero-order chi connectivity index (χ0) is 22.5. The molecule has 8 nitrogen and oxygen atoms in total. The molecule has 166 valence electrons. The highest BCUT2D eigenvalue weighted by Gasteiger charge is 2.21. The Kier molecular flexibility index (Phi) is 6.61. The molecule has 9 heteroatoms. The van der Waals surface area contributed by atoms with E-state index in [4.69, 9.17) is 21.1 Å². The molecule has 0 spiro atoms. The maximum absolute atomic E-state index is 10.5. The molecule has 2 heterocycles. The number of methoxy groups -OCH3 is 1. The number of phenolic OH excluding ortho intramolecular Hbond substituents is 1. The number of carbonyl (C=O) groups is 1. The van der Waals surface area contributed by atoms with E-state index in [0.717, 1.165) is 37.6 Å². The van der Waals surface area contributed by atoms with Crippen molar-refractivity contribution in [1.29, 1.82) is 0 Å². The largest absolute Gasteiger partial charge is 0.506 e. The molecule has 4 rings (SSSR count). The van der Waals surface area contributed by atoms with Crippen LogP contribution in [0.3, 0.4) is 0 Å². The molecule has 0 radical (unpaired) electrons. The summed E-state index contributed by atoms with van der Waals surface area (Å²) in [6, 6.07) is 8.48. The Bertz CT molecular complexity index is 1150. The summed E-state index contributed by atoms with van der Waals surface area (Å²) < 4.78 is 11.8. The summed E-state index contributed by atoms with van der Waals surface area (Å²) in [5.74, 6) is 1.72. The number of ether oxygens (including phenoxy) is 2. The molecule has 0 saturated carbocycles. The van der Waals surface area contributed by atoms with Gasteiger partial charge in [-0.05, 0) is 24.3 Å².